The van der Waals surface area contributed by atoms with Crippen LogP contribution in [0.4, 0.5) is 5.69 Å². The van der Waals surface area contributed by atoms with Crippen molar-refractivity contribution >= 4 is 5.69 Å². The van der Waals surface area contributed by atoms with Crippen LogP contribution in [0.1, 0.15) is 6.92 Å². The van der Waals surface area contributed by atoms with Crippen LogP contribution in [0.3, 0.4) is 0 Å². The normalized spacial score (nSPS) is 19.3. The van der Waals surface area contributed by atoms with E-state index in [9.17, 15) is 0 Å². The van der Waals surface area contributed by atoms with Crippen LogP contribution in [0.15, 0.2) is 35.4 Å². The minimum Gasteiger partial charge on any atom is -0.497 e. The van der Waals surface area contributed by atoms with Crippen LogP contribution >= 0.6 is 0 Å². The topological polar surface area (TPSA) is 27.7 Å². The van der Waals surface area contributed by atoms with Gasteiger partial charge < -0.3 is 15.0 Å². The lowest BCUT2D eigenvalue weighted by molar-refractivity contribution is 0.276. The van der Waals surface area contributed by atoms with Gasteiger partial charge in [0.05, 0.1) is 7.11 Å². The van der Waals surface area contributed by atoms with E-state index >= 15 is 0 Å². The first-order valence-corrected chi connectivity index (χ1v) is 7.76. The van der Waals surface area contributed by atoms with Crippen LogP contribution in [0.5, 0.6) is 5.75 Å². The molecule has 0 amide bonds. The van der Waals surface area contributed by atoms with Crippen molar-refractivity contribution in [1.82, 2.24) is 10.2 Å². The van der Waals surface area contributed by atoms with Crippen molar-refractivity contribution in [3.8, 4) is 5.75 Å². The Balaban J connectivity index is 1.54. The molecule has 0 aromatic heterocycles. The molecule has 1 aromatic carbocycles. The maximum atomic E-state index is 5.32. The smallest absolute Gasteiger partial charge is 0.120 e. The molecular weight excluding hydrogens is 262 g/mol. The van der Waals surface area contributed by atoms with Crippen LogP contribution in [0.2, 0.25) is 0 Å². The molecule has 4 nitrogen and oxygen atoms in total. The molecule has 21 heavy (non-hydrogen) atoms. The molecule has 0 radical (unpaired) electrons. The molecule has 2 saturated heterocycles. The quantitative estimate of drug-likeness (QED) is 0.854. The maximum absolute atomic E-state index is 5.32. The van der Waals surface area contributed by atoms with Gasteiger partial charge in [0.2, 0.25) is 0 Å². The molecule has 0 bridgehead atoms. The highest BCUT2D eigenvalue weighted by atomic mass is 16.5. The van der Waals surface area contributed by atoms with Crippen LogP contribution < -0.4 is 15.0 Å². The highest BCUT2D eigenvalue weighted by Gasteiger charge is 2.19. The van der Waals surface area contributed by atoms with E-state index < -0.39 is 0 Å². The van der Waals surface area contributed by atoms with Gasteiger partial charge in [-0.05, 0) is 24.6 Å². The van der Waals surface area contributed by atoms with Gasteiger partial charge in [-0.2, -0.15) is 0 Å². The van der Waals surface area contributed by atoms with Gasteiger partial charge in [0, 0.05) is 57.6 Å². The fourth-order valence-electron chi connectivity index (χ4n) is 2.97. The van der Waals surface area contributed by atoms with Crippen molar-refractivity contribution in [2.75, 3.05) is 57.8 Å². The fraction of sp³-hybridized carbons (Fsp3) is 0.529. The Bertz CT molecular complexity index is 513. The predicted molar refractivity (Wildman–Crippen MR) is 87.2 cm³/mol. The Kier molecular flexibility index (Phi) is 4.46. The molecule has 2 heterocycles. The van der Waals surface area contributed by atoms with E-state index in [1.54, 1.807) is 18.3 Å². The van der Waals surface area contributed by atoms with Crippen molar-refractivity contribution in [3.05, 3.63) is 35.4 Å². The summed E-state index contributed by atoms with van der Waals surface area (Å²) >= 11 is 0. The Labute approximate surface area is 127 Å². The van der Waals surface area contributed by atoms with Gasteiger partial charge in [0.25, 0.3) is 0 Å². The molecule has 2 aliphatic heterocycles. The zero-order valence-corrected chi connectivity index (χ0v) is 13.1. The number of hydrogen-bond donors (Lipinski definition) is 1. The van der Waals surface area contributed by atoms with Crippen molar-refractivity contribution in [3.63, 3.8) is 0 Å². The maximum Gasteiger partial charge on any atom is 0.120 e. The summed E-state index contributed by atoms with van der Waals surface area (Å²) in [5, 5.41) is 3.32. The second-order valence-electron chi connectivity index (χ2n) is 5.95. The Morgan fingerprint density at radius 2 is 1.95 bits per heavy atom. The fourth-order valence-corrected chi connectivity index (χ4v) is 2.97. The number of anilines is 1. The molecular formula is C17H25N3O. The summed E-state index contributed by atoms with van der Waals surface area (Å²) in [5.41, 5.74) is 4.43. The van der Waals surface area contributed by atoms with Crippen molar-refractivity contribution in [2.24, 2.45) is 0 Å². The zero-order valence-electron chi connectivity index (χ0n) is 13.1. The Morgan fingerprint density at radius 1 is 1.19 bits per heavy atom. The minimum atomic E-state index is 0.938. The highest BCUT2D eigenvalue weighted by molar-refractivity contribution is 5.51. The van der Waals surface area contributed by atoms with Gasteiger partial charge in [-0.25, -0.2) is 0 Å². The molecule has 4 heteroatoms. The van der Waals surface area contributed by atoms with Gasteiger partial charge >= 0.3 is 0 Å². The van der Waals surface area contributed by atoms with Crippen molar-refractivity contribution in [1.29, 1.82) is 0 Å². The number of nitrogens with zero attached hydrogens (tertiary/aromatic N) is 2. The summed E-state index contributed by atoms with van der Waals surface area (Å²) in [4.78, 5) is 5.02. The molecule has 2 aliphatic rings. The lowest BCUT2D eigenvalue weighted by Crippen LogP contribution is -2.47. The first-order chi connectivity index (χ1) is 10.3. The monoisotopic (exact) mass is 287 g/mol. The summed E-state index contributed by atoms with van der Waals surface area (Å²) in [5.74, 6) is 0.938. The summed E-state index contributed by atoms with van der Waals surface area (Å²) in [6.07, 6.45) is 0. The predicted octanol–water partition coefficient (Wildman–Crippen LogP) is 1.74. The molecule has 114 valence electrons. The number of rotatable bonds is 4. The highest BCUT2D eigenvalue weighted by Crippen LogP contribution is 2.22. The number of ether oxygens (including phenoxy) is 1. The van der Waals surface area contributed by atoms with Gasteiger partial charge in [-0.15, -0.1) is 0 Å². The SMILES string of the molecule is COc1cccc(N2CCN(CC(C)=C3CNC3)CC2)c1. The van der Waals surface area contributed by atoms with Crippen LogP contribution in [-0.2, 0) is 0 Å². The number of benzene rings is 1. The lowest BCUT2D eigenvalue weighted by atomic mass is 10.0. The molecule has 0 aliphatic carbocycles. The first-order valence-electron chi connectivity index (χ1n) is 7.76. The Hall–Kier alpha value is -1.52. The molecule has 0 unspecified atom stereocenters. The van der Waals surface area contributed by atoms with E-state index in [2.05, 4.69) is 40.2 Å². The number of piperazine rings is 1. The number of methoxy groups -OCH3 is 1. The van der Waals surface area contributed by atoms with Crippen LogP contribution in [0.25, 0.3) is 0 Å². The summed E-state index contributed by atoms with van der Waals surface area (Å²) in [6.45, 7) is 10.0. The first kappa shape index (κ1) is 14.4. The van der Waals surface area contributed by atoms with Crippen LogP contribution in [-0.4, -0.2) is 57.8 Å². The number of hydrogen-bond acceptors (Lipinski definition) is 4. The van der Waals surface area contributed by atoms with Gasteiger partial charge in [0.1, 0.15) is 5.75 Å². The van der Waals surface area contributed by atoms with Gasteiger partial charge in [-0.3, -0.25) is 4.90 Å². The molecule has 0 spiro atoms. The standard InChI is InChI=1S/C17H25N3O/c1-14(15-11-18-12-15)13-19-6-8-20(9-7-19)16-4-3-5-17(10-16)21-2/h3-5,10,18H,6-9,11-13H2,1-2H3. The summed E-state index contributed by atoms with van der Waals surface area (Å²) in [7, 11) is 1.72. The second kappa shape index (κ2) is 6.50. The minimum absolute atomic E-state index is 0.938. The van der Waals surface area contributed by atoms with E-state index in [1.165, 1.54) is 5.69 Å². The third-order valence-corrected chi connectivity index (χ3v) is 4.53. The Morgan fingerprint density at radius 3 is 2.57 bits per heavy atom. The number of nitrogens with one attached hydrogen (secondary N) is 1. The molecule has 2 fully saturated rings. The summed E-state index contributed by atoms with van der Waals surface area (Å²) in [6, 6.07) is 8.37. The van der Waals surface area contributed by atoms with E-state index in [0.717, 1.165) is 51.6 Å². The lowest BCUT2D eigenvalue weighted by Gasteiger charge is -2.37. The van der Waals surface area contributed by atoms with E-state index in [0.29, 0.717) is 0 Å². The van der Waals surface area contributed by atoms with Crippen molar-refractivity contribution in [2.45, 2.75) is 6.92 Å². The largest absolute Gasteiger partial charge is 0.497 e. The van der Waals surface area contributed by atoms with E-state index in [-0.39, 0.29) is 0 Å². The van der Waals surface area contributed by atoms with Gasteiger partial charge in [0.15, 0.2) is 0 Å². The van der Waals surface area contributed by atoms with Crippen molar-refractivity contribution < 1.29 is 4.74 Å². The third kappa shape index (κ3) is 3.39. The summed E-state index contributed by atoms with van der Waals surface area (Å²) < 4.78 is 5.32. The molecule has 0 atom stereocenters. The molecule has 0 saturated carbocycles. The molecule has 1 aromatic rings. The third-order valence-electron chi connectivity index (χ3n) is 4.53. The van der Waals surface area contributed by atoms with E-state index in [1.807, 2.05) is 6.07 Å². The average molecular weight is 287 g/mol. The zero-order chi connectivity index (χ0) is 14.7. The average Bonchev–Trinajstić information content (AvgIpc) is 2.46. The molecule has 3 rings (SSSR count). The van der Waals surface area contributed by atoms with E-state index in [4.69, 9.17) is 4.74 Å². The second-order valence-corrected chi connectivity index (χ2v) is 5.95. The van der Waals surface area contributed by atoms with Gasteiger partial charge in [-0.1, -0.05) is 11.6 Å². The molecule has 1 N–H and O–H groups in total. The van der Waals surface area contributed by atoms with Crippen LogP contribution in [0, 0.1) is 0 Å².